The van der Waals surface area contributed by atoms with Gasteiger partial charge < -0.3 is 21.3 Å². The van der Waals surface area contributed by atoms with Crippen LogP contribution in [0.3, 0.4) is 0 Å². The molecule has 4 N–H and O–H groups in total. The molecule has 0 unspecified atom stereocenters. The molecule has 1 saturated carbocycles. The Balaban J connectivity index is 1.87. The molecule has 0 aromatic rings. The van der Waals surface area contributed by atoms with Gasteiger partial charge in [0.2, 0.25) is 11.8 Å². The molecule has 0 spiro atoms. The molecule has 1 heterocycles. The average Bonchev–Trinajstić information content (AvgIpc) is 3.10. The third-order valence-electron chi connectivity index (χ3n) is 6.35. The Morgan fingerprint density at radius 1 is 1.28 bits per heavy atom. The van der Waals surface area contributed by atoms with E-state index in [1.807, 2.05) is 25.7 Å². The Morgan fingerprint density at radius 2 is 1.97 bits per heavy atom. The van der Waals surface area contributed by atoms with E-state index in [-0.39, 0.29) is 35.7 Å². The van der Waals surface area contributed by atoms with Crippen LogP contribution in [-0.2, 0) is 9.59 Å². The highest BCUT2D eigenvalue weighted by atomic mass is 32.1. The molecule has 0 bridgehead atoms. The first-order chi connectivity index (χ1) is 13.7. The van der Waals surface area contributed by atoms with Crippen LogP contribution in [0.25, 0.3) is 0 Å². The van der Waals surface area contributed by atoms with Crippen molar-refractivity contribution in [2.45, 2.75) is 84.7 Å². The van der Waals surface area contributed by atoms with Gasteiger partial charge in [-0.05, 0) is 37.0 Å². The molecule has 2 amide bonds. The van der Waals surface area contributed by atoms with Crippen LogP contribution in [0.15, 0.2) is 0 Å². The Hall–Kier alpha value is -1.21. The van der Waals surface area contributed by atoms with Gasteiger partial charge >= 0.3 is 0 Å². The largest absolute Gasteiger partial charge is 0.367 e. The van der Waals surface area contributed by atoms with E-state index >= 15 is 0 Å². The number of carbonyl (C=O) groups is 2. The molecule has 2 atom stereocenters. The van der Waals surface area contributed by atoms with Crippen molar-refractivity contribution in [3.05, 3.63) is 0 Å². The summed E-state index contributed by atoms with van der Waals surface area (Å²) in [5.74, 6) is 1.09. The SMILES string of the molecule is CCCCC1CC(C(=O)NC[C@H]2CCCN2C(=O)[C@@H](NC(=S)CN)C(C)(C)C)C1. The van der Waals surface area contributed by atoms with E-state index in [1.165, 1.54) is 19.3 Å². The predicted molar refractivity (Wildman–Crippen MR) is 122 cm³/mol. The predicted octanol–water partition coefficient (Wildman–Crippen LogP) is 2.60. The van der Waals surface area contributed by atoms with Gasteiger partial charge in [-0.2, -0.15) is 0 Å². The molecule has 7 heteroatoms. The molecule has 6 nitrogen and oxygen atoms in total. The summed E-state index contributed by atoms with van der Waals surface area (Å²) in [4.78, 5) is 28.2. The maximum absolute atomic E-state index is 13.3. The second-order valence-corrected chi connectivity index (χ2v) is 10.3. The lowest BCUT2D eigenvalue weighted by atomic mass is 9.72. The minimum Gasteiger partial charge on any atom is -0.367 e. The highest BCUT2D eigenvalue weighted by Crippen LogP contribution is 2.37. The van der Waals surface area contributed by atoms with Crippen molar-refractivity contribution >= 4 is 29.0 Å². The van der Waals surface area contributed by atoms with Crippen LogP contribution in [0.5, 0.6) is 0 Å². The van der Waals surface area contributed by atoms with Gasteiger partial charge in [-0.3, -0.25) is 9.59 Å². The van der Waals surface area contributed by atoms with E-state index in [4.69, 9.17) is 18.0 Å². The summed E-state index contributed by atoms with van der Waals surface area (Å²) in [5, 5.41) is 6.27. The fraction of sp³-hybridized carbons (Fsp3) is 0.864. The highest BCUT2D eigenvalue weighted by Gasteiger charge is 2.40. The molecule has 0 aromatic carbocycles. The van der Waals surface area contributed by atoms with Gasteiger partial charge in [0.05, 0.1) is 4.99 Å². The fourth-order valence-electron chi connectivity index (χ4n) is 4.41. The zero-order valence-electron chi connectivity index (χ0n) is 18.6. The number of amides is 2. The summed E-state index contributed by atoms with van der Waals surface area (Å²) in [6.07, 6.45) is 7.66. The van der Waals surface area contributed by atoms with E-state index in [9.17, 15) is 9.59 Å². The summed E-state index contributed by atoms with van der Waals surface area (Å²) in [5.41, 5.74) is 5.35. The van der Waals surface area contributed by atoms with Crippen molar-refractivity contribution in [2.24, 2.45) is 23.0 Å². The van der Waals surface area contributed by atoms with Gasteiger partial charge in [0, 0.05) is 31.6 Å². The van der Waals surface area contributed by atoms with Crippen LogP contribution in [-0.4, -0.2) is 53.4 Å². The molecule has 0 radical (unpaired) electrons. The van der Waals surface area contributed by atoms with Crippen LogP contribution in [0.2, 0.25) is 0 Å². The minimum atomic E-state index is -0.416. The van der Waals surface area contributed by atoms with Crippen molar-refractivity contribution in [3.63, 3.8) is 0 Å². The lowest BCUT2D eigenvalue weighted by Crippen LogP contribution is -2.57. The number of likely N-dealkylation sites (tertiary alicyclic amines) is 1. The second kappa shape index (κ2) is 10.7. The van der Waals surface area contributed by atoms with Gasteiger partial charge in [-0.15, -0.1) is 0 Å². The Bertz CT molecular complexity index is 584. The second-order valence-electron chi connectivity index (χ2n) is 9.82. The van der Waals surface area contributed by atoms with E-state index in [0.717, 1.165) is 38.1 Å². The number of hydrogen-bond acceptors (Lipinski definition) is 4. The maximum Gasteiger partial charge on any atom is 0.245 e. The van der Waals surface area contributed by atoms with Crippen molar-refractivity contribution < 1.29 is 9.59 Å². The molecule has 1 saturated heterocycles. The molecule has 1 aliphatic carbocycles. The zero-order valence-corrected chi connectivity index (χ0v) is 19.4. The average molecular weight is 425 g/mol. The van der Waals surface area contributed by atoms with Crippen LogP contribution < -0.4 is 16.4 Å². The number of rotatable bonds is 9. The number of nitrogens with zero attached hydrogens (tertiary/aromatic N) is 1. The minimum absolute atomic E-state index is 0.0494. The molecular weight excluding hydrogens is 384 g/mol. The lowest BCUT2D eigenvalue weighted by Gasteiger charge is -2.37. The number of thiocarbonyl (C=S) groups is 1. The first-order valence-corrected chi connectivity index (χ1v) is 11.7. The van der Waals surface area contributed by atoms with Gasteiger partial charge in [-0.1, -0.05) is 59.2 Å². The molecule has 0 aromatic heterocycles. The summed E-state index contributed by atoms with van der Waals surface area (Å²) < 4.78 is 0. The molecule has 2 aliphatic rings. The number of nitrogens with one attached hydrogen (secondary N) is 2. The quantitative estimate of drug-likeness (QED) is 0.495. The Labute approximate surface area is 181 Å². The van der Waals surface area contributed by atoms with Gasteiger partial charge in [-0.25, -0.2) is 0 Å². The van der Waals surface area contributed by atoms with Crippen LogP contribution in [0, 0.1) is 17.3 Å². The number of hydrogen-bond donors (Lipinski definition) is 3. The molecule has 1 aliphatic heterocycles. The first-order valence-electron chi connectivity index (χ1n) is 11.2. The van der Waals surface area contributed by atoms with E-state index < -0.39 is 6.04 Å². The summed E-state index contributed by atoms with van der Waals surface area (Å²) in [6, 6.07) is -0.360. The Morgan fingerprint density at radius 3 is 2.55 bits per heavy atom. The molecule has 2 fully saturated rings. The van der Waals surface area contributed by atoms with Crippen LogP contribution in [0.4, 0.5) is 0 Å². The Kier molecular flexibility index (Phi) is 8.89. The van der Waals surface area contributed by atoms with E-state index in [2.05, 4.69) is 17.6 Å². The number of nitrogens with two attached hydrogens (primary N) is 1. The van der Waals surface area contributed by atoms with Crippen LogP contribution in [0.1, 0.15) is 72.6 Å². The maximum atomic E-state index is 13.3. The molecular formula is C22H40N4O2S. The van der Waals surface area contributed by atoms with Crippen molar-refractivity contribution in [2.75, 3.05) is 19.6 Å². The van der Waals surface area contributed by atoms with Crippen molar-refractivity contribution in [1.29, 1.82) is 0 Å². The lowest BCUT2D eigenvalue weighted by molar-refractivity contribution is -0.137. The standard InChI is InChI=1S/C22H40N4O2S/c1-5-6-8-15-11-16(12-15)20(27)24-14-17-9-7-10-26(17)21(28)19(22(2,3)4)25-18(29)13-23/h15-17,19H,5-14,23H2,1-4H3,(H,24,27)(H,25,29)/t15?,16?,17-,19-/m1/s1. The van der Waals surface area contributed by atoms with Crippen molar-refractivity contribution in [3.8, 4) is 0 Å². The number of unbranched alkanes of at least 4 members (excludes halogenated alkanes) is 1. The summed E-state index contributed by atoms with van der Waals surface area (Å²) in [6.45, 7) is 9.79. The fourth-order valence-corrected chi connectivity index (χ4v) is 4.53. The smallest absolute Gasteiger partial charge is 0.245 e. The van der Waals surface area contributed by atoms with E-state index in [0.29, 0.717) is 11.5 Å². The summed E-state index contributed by atoms with van der Waals surface area (Å²) >= 11 is 5.23. The zero-order chi connectivity index (χ0) is 21.6. The monoisotopic (exact) mass is 424 g/mol. The van der Waals surface area contributed by atoms with Gasteiger partial charge in [0.15, 0.2) is 0 Å². The topological polar surface area (TPSA) is 87.5 Å². The third-order valence-corrected chi connectivity index (χ3v) is 6.63. The highest BCUT2D eigenvalue weighted by molar-refractivity contribution is 7.80. The first kappa shape index (κ1) is 24.1. The molecule has 166 valence electrons. The third kappa shape index (κ3) is 6.64. The molecule has 2 rings (SSSR count). The normalized spacial score (nSPS) is 25.3. The van der Waals surface area contributed by atoms with Gasteiger partial charge in [0.1, 0.15) is 6.04 Å². The molecule has 29 heavy (non-hydrogen) atoms. The summed E-state index contributed by atoms with van der Waals surface area (Å²) in [7, 11) is 0. The van der Waals surface area contributed by atoms with Crippen molar-refractivity contribution in [1.82, 2.24) is 15.5 Å². The van der Waals surface area contributed by atoms with Crippen LogP contribution >= 0.6 is 12.2 Å². The van der Waals surface area contributed by atoms with E-state index in [1.54, 1.807) is 0 Å². The number of carbonyl (C=O) groups excluding carboxylic acids is 2. The van der Waals surface area contributed by atoms with Gasteiger partial charge in [0.25, 0.3) is 0 Å².